The molecule has 1 aromatic rings. The average molecular weight is 276 g/mol. The predicted octanol–water partition coefficient (Wildman–Crippen LogP) is 4.88. The summed E-state index contributed by atoms with van der Waals surface area (Å²) < 4.78 is 0.279. The number of unbranched alkanes of at least 4 members (excludes halogenated alkanes) is 1. The molecule has 1 heterocycles. The van der Waals surface area contributed by atoms with Crippen LogP contribution in [0.15, 0.2) is 24.3 Å². The molecule has 2 rings (SSSR count). The van der Waals surface area contributed by atoms with Crippen LogP contribution in [0.5, 0.6) is 0 Å². The lowest BCUT2D eigenvalue weighted by Gasteiger charge is -2.36. The molecule has 0 saturated carbocycles. The second-order valence-corrected chi connectivity index (χ2v) is 7.67. The Kier molecular flexibility index (Phi) is 5.09. The van der Waals surface area contributed by atoms with Crippen molar-refractivity contribution >= 4 is 23.5 Å². The highest BCUT2D eigenvalue weighted by molar-refractivity contribution is 8.18. The first-order valence-corrected chi connectivity index (χ1v) is 8.63. The molecule has 1 aliphatic rings. The molecule has 0 unspecified atom stereocenters. The summed E-state index contributed by atoms with van der Waals surface area (Å²) in [5.41, 5.74) is 2.43. The van der Waals surface area contributed by atoms with Gasteiger partial charge in [-0.3, -0.25) is 0 Å². The molecule has 0 radical (unpaired) electrons. The van der Waals surface area contributed by atoms with Crippen molar-refractivity contribution in [3.05, 3.63) is 35.4 Å². The predicted molar refractivity (Wildman–Crippen MR) is 85.1 cm³/mol. The van der Waals surface area contributed by atoms with Crippen molar-refractivity contribution in [1.29, 1.82) is 0 Å². The average Bonchev–Trinajstić information content (AvgIpc) is 2.46. The third-order valence-corrected chi connectivity index (χ3v) is 6.81. The Morgan fingerprint density at radius 2 is 1.89 bits per heavy atom. The molecule has 0 nitrogen and oxygen atoms in total. The highest BCUT2D eigenvalue weighted by Crippen LogP contribution is 2.53. The second kappa shape index (κ2) is 6.59. The first kappa shape index (κ1) is 13.9. The minimum absolute atomic E-state index is 0.279. The summed E-state index contributed by atoms with van der Waals surface area (Å²) in [6.07, 6.45) is 10.6. The molecule has 1 fully saturated rings. The zero-order valence-corrected chi connectivity index (χ0v) is 12.6. The lowest BCUT2D eigenvalue weighted by molar-refractivity contribution is 0.671. The minimum atomic E-state index is 0.279. The van der Waals surface area contributed by atoms with E-state index < -0.39 is 0 Å². The Hall–Kier alpha value is -0.520. The molecule has 0 amide bonds. The quantitative estimate of drug-likeness (QED) is 0.719. The molecular formula is C16H20S2. The summed E-state index contributed by atoms with van der Waals surface area (Å²) >= 11 is 4.26. The zero-order valence-electron chi connectivity index (χ0n) is 10.9. The van der Waals surface area contributed by atoms with Crippen LogP contribution in [0.1, 0.15) is 43.7 Å². The Morgan fingerprint density at radius 1 is 1.22 bits per heavy atom. The van der Waals surface area contributed by atoms with Gasteiger partial charge in [0.15, 0.2) is 0 Å². The maximum absolute atomic E-state index is 5.43. The third-order valence-electron chi connectivity index (χ3n) is 3.31. The molecule has 0 spiro atoms. The Morgan fingerprint density at radius 3 is 2.44 bits per heavy atom. The van der Waals surface area contributed by atoms with E-state index in [0.717, 1.165) is 5.56 Å². The van der Waals surface area contributed by atoms with Crippen molar-refractivity contribution in [2.75, 3.05) is 11.5 Å². The van der Waals surface area contributed by atoms with Gasteiger partial charge in [-0.25, -0.2) is 0 Å². The van der Waals surface area contributed by atoms with Crippen LogP contribution < -0.4 is 0 Å². The van der Waals surface area contributed by atoms with Crippen molar-refractivity contribution in [3.63, 3.8) is 0 Å². The minimum Gasteiger partial charge on any atom is -0.139 e. The number of benzene rings is 1. The number of hydrogen-bond donors (Lipinski definition) is 0. The summed E-state index contributed by atoms with van der Waals surface area (Å²) in [6.45, 7) is 2.27. The maximum Gasteiger partial charge on any atom is 0.0860 e. The van der Waals surface area contributed by atoms with Crippen LogP contribution in [-0.4, -0.2) is 11.5 Å². The highest BCUT2D eigenvalue weighted by atomic mass is 32.2. The van der Waals surface area contributed by atoms with Gasteiger partial charge in [-0.15, -0.1) is 29.9 Å². The van der Waals surface area contributed by atoms with E-state index in [1.807, 2.05) is 0 Å². The normalized spacial score (nSPS) is 18.2. The summed E-state index contributed by atoms with van der Waals surface area (Å²) in [5.74, 6) is 5.27. The first-order valence-electron chi connectivity index (χ1n) is 6.66. The van der Waals surface area contributed by atoms with Gasteiger partial charge in [0.1, 0.15) is 0 Å². The fourth-order valence-corrected chi connectivity index (χ4v) is 5.70. The van der Waals surface area contributed by atoms with Crippen LogP contribution in [-0.2, 0) is 4.08 Å². The second-order valence-electron chi connectivity index (χ2n) is 4.63. The van der Waals surface area contributed by atoms with Gasteiger partial charge in [0.2, 0.25) is 0 Å². The number of rotatable bonds is 4. The maximum atomic E-state index is 5.43. The Labute approximate surface area is 119 Å². The van der Waals surface area contributed by atoms with E-state index in [0.29, 0.717) is 0 Å². The van der Waals surface area contributed by atoms with Crippen LogP contribution in [0.3, 0.4) is 0 Å². The number of hydrogen-bond acceptors (Lipinski definition) is 2. The summed E-state index contributed by atoms with van der Waals surface area (Å²) in [6, 6.07) is 8.63. The van der Waals surface area contributed by atoms with Gasteiger partial charge in [-0.1, -0.05) is 37.8 Å². The van der Waals surface area contributed by atoms with Crippen molar-refractivity contribution in [3.8, 4) is 12.3 Å². The van der Waals surface area contributed by atoms with Crippen LogP contribution >= 0.6 is 23.5 Å². The SMILES string of the molecule is C#Cc1ccc(C2(CCCC)SCCCS2)cc1. The molecule has 0 aliphatic carbocycles. The van der Waals surface area contributed by atoms with E-state index >= 15 is 0 Å². The molecular weight excluding hydrogens is 256 g/mol. The lowest BCUT2D eigenvalue weighted by atomic mass is 10.0. The smallest absolute Gasteiger partial charge is 0.0860 e. The molecule has 2 heteroatoms. The Bertz CT molecular complexity index is 408. The van der Waals surface area contributed by atoms with Crippen molar-refractivity contribution in [2.45, 2.75) is 36.7 Å². The molecule has 0 bridgehead atoms. The van der Waals surface area contributed by atoms with Crippen LogP contribution in [0.4, 0.5) is 0 Å². The fourth-order valence-electron chi connectivity index (χ4n) is 2.26. The van der Waals surface area contributed by atoms with Crippen molar-refractivity contribution < 1.29 is 0 Å². The third kappa shape index (κ3) is 3.08. The summed E-state index contributed by atoms with van der Waals surface area (Å²) in [7, 11) is 0. The summed E-state index contributed by atoms with van der Waals surface area (Å²) in [4.78, 5) is 0. The number of thioether (sulfide) groups is 2. The van der Waals surface area contributed by atoms with E-state index in [-0.39, 0.29) is 4.08 Å². The molecule has 1 aliphatic heterocycles. The van der Waals surface area contributed by atoms with Crippen LogP contribution in [0, 0.1) is 12.3 Å². The molecule has 0 atom stereocenters. The van der Waals surface area contributed by atoms with Gasteiger partial charge < -0.3 is 0 Å². The van der Waals surface area contributed by atoms with Gasteiger partial charge >= 0.3 is 0 Å². The van der Waals surface area contributed by atoms with Crippen molar-refractivity contribution in [1.82, 2.24) is 0 Å². The van der Waals surface area contributed by atoms with E-state index in [1.165, 1.54) is 42.8 Å². The van der Waals surface area contributed by atoms with Crippen molar-refractivity contribution in [2.24, 2.45) is 0 Å². The summed E-state index contributed by atoms with van der Waals surface area (Å²) in [5, 5.41) is 0. The standard InChI is InChI=1S/C16H20S2/c1-3-5-11-16(17-12-6-13-18-16)15-9-7-14(4-2)8-10-15/h2,7-10H,3,5-6,11-13H2,1H3. The highest BCUT2D eigenvalue weighted by Gasteiger charge is 2.34. The fraction of sp³-hybridized carbons (Fsp3) is 0.500. The van der Waals surface area contributed by atoms with Gasteiger partial charge in [-0.2, -0.15) is 0 Å². The van der Waals surface area contributed by atoms with E-state index in [4.69, 9.17) is 6.42 Å². The largest absolute Gasteiger partial charge is 0.139 e. The molecule has 0 N–H and O–H groups in total. The van der Waals surface area contributed by atoms with Crippen LogP contribution in [0.2, 0.25) is 0 Å². The van der Waals surface area contributed by atoms with Gasteiger partial charge in [0.25, 0.3) is 0 Å². The molecule has 96 valence electrons. The van der Waals surface area contributed by atoms with E-state index in [9.17, 15) is 0 Å². The topological polar surface area (TPSA) is 0 Å². The molecule has 0 aromatic heterocycles. The monoisotopic (exact) mass is 276 g/mol. The molecule has 1 aromatic carbocycles. The molecule has 18 heavy (non-hydrogen) atoms. The lowest BCUT2D eigenvalue weighted by Crippen LogP contribution is -2.22. The molecule has 1 saturated heterocycles. The zero-order chi connectivity index (χ0) is 12.8. The van der Waals surface area contributed by atoms with Gasteiger partial charge in [0.05, 0.1) is 4.08 Å². The first-order chi connectivity index (χ1) is 8.80. The van der Waals surface area contributed by atoms with E-state index in [2.05, 4.69) is 60.6 Å². The Balaban J connectivity index is 2.24. The van der Waals surface area contributed by atoms with Gasteiger partial charge in [-0.05, 0) is 42.0 Å². The van der Waals surface area contributed by atoms with Gasteiger partial charge in [0, 0.05) is 5.56 Å². The van der Waals surface area contributed by atoms with Crippen LogP contribution in [0.25, 0.3) is 0 Å². The van der Waals surface area contributed by atoms with E-state index in [1.54, 1.807) is 0 Å². The number of terminal acetylenes is 1.